The number of aromatic amines is 1. The predicted octanol–water partition coefficient (Wildman–Crippen LogP) is 1.99. The fourth-order valence-electron chi connectivity index (χ4n) is 2.70. The third-order valence-corrected chi connectivity index (χ3v) is 4.00. The van der Waals surface area contributed by atoms with Gasteiger partial charge in [0.25, 0.3) is 5.91 Å². The number of hydrogen-bond donors (Lipinski definition) is 3. The minimum Gasteiger partial charge on any atom is -0.345 e. The molecule has 8 heteroatoms. The van der Waals surface area contributed by atoms with Crippen molar-refractivity contribution < 1.29 is 18.4 Å². The van der Waals surface area contributed by atoms with E-state index < -0.39 is 17.5 Å². The number of carbonyl (C=O) groups is 2. The molecule has 2 aromatic rings. The van der Waals surface area contributed by atoms with Crippen LogP contribution in [0.4, 0.5) is 8.78 Å². The van der Waals surface area contributed by atoms with Crippen LogP contribution in [-0.2, 0) is 16.0 Å². The van der Waals surface area contributed by atoms with Gasteiger partial charge < -0.3 is 15.6 Å². The van der Waals surface area contributed by atoms with Crippen molar-refractivity contribution in [2.45, 2.75) is 26.2 Å². The minimum atomic E-state index is -0.647. The summed E-state index contributed by atoms with van der Waals surface area (Å²) in [6.45, 7) is 3.76. The predicted molar refractivity (Wildman–Crippen MR) is 91.0 cm³/mol. The molecule has 1 aliphatic heterocycles. The molecule has 0 bridgehead atoms. The van der Waals surface area contributed by atoms with Crippen LogP contribution in [0.3, 0.4) is 0 Å². The fraction of sp³-hybridized carbons (Fsp3) is 0.278. The van der Waals surface area contributed by atoms with E-state index in [1.807, 2.05) is 13.8 Å². The first-order valence-electron chi connectivity index (χ1n) is 8.16. The van der Waals surface area contributed by atoms with Crippen molar-refractivity contribution in [1.82, 2.24) is 20.6 Å². The average Bonchev–Trinajstić information content (AvgIpc) is 2.97. The van der Waals surface area contributed by atoms with E-state index in [0.29, 0.717) is 17.2 Å². The second-order valence-electron chi connectivity index (χ2n) is 6.30. The van der Waals surface area contributed by atoms with Crippen LogP contribution in [-0.4, -0.2) is 28.3 Å². The van der Waals surface area contributed by atoms with Crippen LogP contribution in [0.5, 0.6) is 0 Å². The smallest absolute Gasteiger partial charge is 0.268 e. The Balaban J connectivity index is 1.96. The SMILES string of the molecule is CC(C)c1[nH]c(Cc2c(F)cccc2F)nc1C=C1NC(=O)CNC1=O. The summed E-state index contributed by atoms with van der Waals surface area (Å²) in [6.07, 6.45) is 1.40. The van der Waals surface area contributed by atoms with Crippen LogP contribution in [0, 0.1) is 11.6 Å². The van der Waals surface area contributed by atoms with Gasteiger partial charge in [0.1, 0.15) is 23.2 Å². The maximum Gasteiger partial charge on any atom is 0.268 e. The topological polar surface area (TPSA) is 86.9 Å². The van der Waals surface area contributed by atoms with Crippen LogP contribution < -0.4 is 10.6 Å². The van der Waals surface area contributed by atoms with E-state index >= 15 is 0 Å². The van der Waals surface area contributed by atoms with Gasteiger partial charge in [-0.05, 0) is 24.1 Å². The van der Waals surface area contributed by atoms with Crippen molar-refractivity contribution >= 4 is 17.9 Å². The molecule has 0 atom stereocenters. The van der Waals surface area contributed by atoms with Crippen LogP contribution in [0.1, 0.15) is 42.5 Å². The Hall–Kier alpha value is -3.03. The minimum absolute atomic E-state index is 0.0240. The quantitative estimate of drug-likeness (QED) is 0.729. The number of carbonyl (C=O) groups excluding carboxylic acids is 2. The van der Waals surface area contributed by atoms with Gasteiger partial charge in [-0.2, -0.15) is 0 Å². The summed E-state index contributed by atoms with van der Waals surface area (Å²) in [7, 11) is 0. The van der Waals surface area contributed by atoms with E-state index in [1.54, 1.807) is 0 Å². The zero-order valence-electron chi connectivity index (χ0n) is 14.3. The van der Waals surface area contributed by atoms with Crippen LogP contribution in [0.15, 0.2) is 23.9 Å². The van der Waals surface area contributed by atoms with E-state index in [1.165, 1.54) is 24.3 Å². The number of benzene rings is 1. The van der Waals surface area contributed by atoms with Gasteiger partial charge in [0.05, 0.1) is 12.2 Å². The van der Waals surface area contributed by atoms with Crippen LogP contribution >= 0.6 is 0 Å². The van der Waals surface area contributed by atoms with Gasteiger partial charge in [-0.1, -0.05) is 19.9 Å². The fourth-order valence-corrected chi connectivity index (χ4v) is 2.70. The number of nitrogens with one attached hydrogen (secondary N) is 3. The van der Waals surface area contributed by atoms with Crippen molar-refractivity contribution in [3.05, 3.63) is 58.3 Å². The molecule has 136 valence electrons. The van der Waals surface area contributed by atoms with Gasteiger partial charge in [0.15, 0.2) is 0 Å². The van der Waals surface area contributed by atoms with Gasteiger partial charge in [-0.15, -0.1) is 0 Å². The summed E-state index contributed by atoms with van der Waals surface area (Å²) in [4.78, 5) is 30.8. The highest BCUT2D eigenvalue weighted by molar-refractivity contribution is 6.05. The molecule has 1 aromatic heterocycles. The van der Waals surface area contributed by atoms with Gasteiger partial charge in [0.2, 0.25) is 5.91 Å². The zero-order valence-corrected chi connectivity index (χ0v) is 14.3. The first-order valence-corrected chi connectivity index (χ1v) is 8.16. The summed E-state index contributed by atoms with van der Waals surface area (Å²) in [5.74, 6) is -1.64. The molecule has 3 N–H and O–H groups in total. The van der Waals surface area contributed by atoms with Gasteiger partial charge in [-0.3, -0.25) is 9.59 Å². The first-order chi connectivity index (χ1) is 12.3. The van der Waals surface area contributed by atoms with E-state index in [2.05, 4.69) is 20.6 Å². The van der Waals surface area contributed by atoms with E-state index in [9.17, 15) is 18.4 Å². The normalized spacial score (nSPS) is 16.1. The maximum absolute atomic E-state index is 13.9. The van der Waals surface area contributed by atoms with E-state index in [-0.39, 0.29) is 36.1 Å². The molecule has 1 aromatic carbocycles. The highest BCUT2D eigenvalue weighted by atomic mass is 19.1. The lowest BCUT2D eigenvalue weighted by atomic mass is 10.1. The first kappa shape index (κ1) is 17.8. The molecular weight excluding hydrogens is 342 g/mol. The zero-order chi connectivity index (χ0) is 18.8. The Labute approximate surface area is 148 Å². The van der Waals surface area contributed by atoms with Crippen molar-refractivity contribution in [3.63, 3.8) is 0 Å². The van der Waals surface area contributed by atoms with Crippen LogP contribution in [0.2, 0.25) is 0 Å². The molecule has 26 heavy (non-hydrogen) atoms. The Morgan fingerprint density at radius 2 is 1.92 bits per heavy atom. The number of hydrogen-bond acceptors (Lipinski definition) is 3. The average molecular weight is 360 g/mol. The molecule has 6 nitrogen and oxygen atoms in total. The molecule has 0 spiro atoms. The molecular formula is C18H18F2N4O2. The lowest BCUT2D eigenvalue weighted by Crippen LogP contribution is -2.46. The van der Waals surface area contributed by atoms with Crippen molar-refractivity contribution in [3.8, 4) is 0 Å². The molecule has 0 saturated carbocycles. The van der Waals surface area contributed by atoms with Gasteiger partial charge >= 0.3 is 0 Å². The van der Waals surface area contributed by atoms with Crippen LogP contribution in [0.25, 0.3) is 6.08 Å². The monoisotopic (exact) mass is 360 g/mol. The lowest BCUT2D eigenvalue weighted by Gasteiger charge is -2.15. The lowest BCUT2D eigenvalue weighted by molar-refractivity contribution is -0.127. The van der Waals surface area contributed by atoms with E-state index in [4.69, 9.17) is 0 Å². The maximum atomic E-state index is 13.9. The van der Waals surface area contributed by atoms with Crippen molar-refractivity contribution in [1.29, 1.82) is 0 Å². The molecule has 0 unspecified atom stereocenters. The number of aromatic nitrogens is 2. The molecule has 0 radical (unpaired) electrons. The van der Waals surface area contributed by atoms with Gasteiger partial charge in [-0.25, -0.2) is 13.8 Å². The highest BCUT2D eigenvalue weighted by Gasteiger charge is 2.22. The Kier molecular flexibility index (Phi) is 4.83. The summed E-state index contributed by atoms with van der Waals surface area (Å²) in [5, 5.41) is 4.95. The molecule has 0 aliphatic carbocycles. The Bertz CT molecular complexity index is 882. The molecule has 3 rings (SSSR count). The number of imidazole rings is 1. The summed E-state index contributed by atoms with van der Waals surface area (Å²) >= 11 is 0. The third-order valence-electron chi connectivity index (χ3n) is 4.00. The summed E-state index contributed by atoms with van der Waals surface area (Å²) in [5.41, 5.74) is 1.15. The second-order valence-corrected chi connectivity index (χ2v) is 6.30. The number of piperazine rings is 1. The number of halogens is 2. The molecule has 1 saturated heterocycles. The second kappa shape index (κ2) is 7.07. The number of rotatable bonds is 4. The standard InChI is InChI=1S/C18H18F2N4O2/c1-9(2)17-13(7-14-18(26)21-8-16(25)23-14)22-15(24-17)6-10-11(19)4-3-5-12(10)20/h3-5,7,9H,6,8H2,1-2H3,(H,21,26)(H,22,24)(H,23,25). The Morgan fingerprint density at radius 3 is 2.58 bits per heavy atom. The van der Waals surface area contributed by atoms with Crippen molar-refractivity contribution in [2.24, 2.45) is 0 Å². The van der Waals surface area contributed by atoms with E-state index in [0.717, 1.165) is 0 Å². The number of H-pyrrole nitrogens is 1. The summed E-state index contributed by atoms with van der Waals surface area (Å²) < 4.78 is 27.8. The van der Waals surface area contributed by atoms with Crippen molar-refractivity contribution in [2.75, 3.05) is 6.54 Å². The Morgan fingerprint density at radius 1 is 1.23 bits per heavy atom. The third kappa shape index (κ3) is 3.63. The number of nitrogens with zero attached hydrogens (tertiary/aromatic N) is 1. The number of amides is 2. The molecule has 2 heterocycles. The summed E-state index contributed by atoms with van der Waals surface area (Å²) in [6, 6.07) is 3.68. The highest BCUT2D eigenvalue weighted by Crippen LogP contribution is 2.22. The van der Waals surface area contributed by atoms with Gasteiger partial charge in [0, 0.05) is 17.7 Å². The molecule has 2 amide bonds. The molecule has 1 aliphatic rings. The largest absolute Gasteiger partial charge is 0.345 e. The molecule has 1 fully saturated rings.